The van der Waals surface area contributed by atoms with Crippen LogP contribution in [0.3, 0.4) is 0 Å². The van der Waals surface area contributed by atoms with Crippen LogP contribution < -0.4 is 5.43 Å². The maximum atomic E-state index is 9.79. The zero-order valence-electron chi connectivity index (χ0n) is 9.28. The minimum absolute atomic E-state index is 0.120. The van der Waals surface area contributed by atoms with Gasteiger partial charge in [0.15, 0.2) is 0 Å². The van der Waals surface area contributed by atoms with Gasteiger partial charge in [-0.2, -0.15) is 0 Å². The van der Waals surface area contributed by atoms with Crippen molar-refractivity contribution in [2.75, 3.05) is 14.1 Å². The van der Waals surface area contributed by atoms with Crippen molar-refractivity contribution in [2.24, 2.45) is 0 Å². The molecule has 0 aliphatic carbocycles. The van der Waals surface area contributed by atoms with Crippen LogP contribution in [0.5, 0.6) is 5.75 Å². The van der Waals surface area contributed by atoms with E-state index in [9.17, 15) is 5.11 Å². The van der Waals surface area contributed by atoms with Crippen molar-refractivity contribution in [3.8, 4) is 5.75 Å². The van der Waals surface area contributed by atoms with Gasteiger partial charge in [-0.3, -0.25) is 15.4 Å². The number of aromatic hydroxyl groups is 1. The quantitative estimate of drug-likeness (QED) is 0.619. The maximum absolute atomic E-state index is 9.79. The summed E-state index contributed by atoms with van der Waals surface area (Å²) in [4.78, 5) is 3.99. The van der Waals surface area contributed by atoms with Gasteiger partial charge in [-0.1, -0.05) is 0 Å². The van der Waals surface area contributed by atoms with Gasteiger partial charge in [0.05, 0.1) is 12.3 Å². The largest absolute Gasteiger partial charge is 0.506 e. The molecule has 0 spiro atoms. The molecule has 84 valence electrons. The first-order valence-corrected chi connectivity index (χ1v) is 4.74. The van der Waals surface area contributed by atoms with E-state index >= 15 is 0 Å². The Morgan fingerprint density at radius 3 is 2.67 bits per heavy atom. The molecule has 0 aliphatic heterocycles. The Hall–Kier alpha value is -1.17. The molecule has 0 unspecified atom stereocenters. The predicted octanol–water partition coefficient (Wildman–Crippen LogP) is 0.154. The number of aryl methyl sites for hydroxylation is 1. The molecule has 1 rings (SSSR count). The number of rotatable bonds is 4. The van der Waals surface area contributed by atoms with Crippen LogP contribution in [0.2, 0.25) is 0 Å². The third-order valence-electron chi connectivity index (χ3n) is 2.17. The molecule has 0 bridgehead atoms. The smallest absolute Gasteiger partial charge is 0.141 e. The summed E-state index contributed by atoms with van der Waals surface area (Å²) in [7, 11) is 3.73. The topological polar surface area (TPSA) is 68.6 Å². The number of pyridine rings is 1. The first kappa shape index (κ1) is 11.9. The van der Waals surface area contributed by atoms with Gasteiger partial charge in [0.2, 0.25) is 0 Å². The lowest BCUT2D eigenvalue weighted by Gasteiger charge is -2.15. The Morgan fingerprint density at radius 2 is 2.13 bits per heavy atom. The van der Waals surface area contributed by atoms with Crippen molar-refractivity contribution in [3.05, 3.63) is 23.0 Å². The fraction of sp³-hybridized carbons (Fsp3) is 0.500. The third kappa shape index (κ3) is 2.89. The van der Waals surface area contributed by atoms with Gasteiger partial charge in [0, 0.05) is 38.0 Å². The van der Waals surface area contributed by atoms with E-state index in [-0.39, 0.29) is 12.4 Å². The lowest BCUT2D eigenvalue weighted by molar-refractivity contribution is 0.267. The van der Waals surface area contributed by atoms with Gasteiger partial charge in [-0.05, 0) is 6.92 Å². The number of nitrogens with zero attached hydrogens (tertiary/aromatic N) is 2. The second-order valence-electron chi connectivity index (χ2n) is 3.58. The molecule has 1 aromatic rings. The highest BCUT2D eigenvalue weighted by atomic mass is 16.3. The van der Waals surface area contributed by atoms with Crippen molar-refractivity contribution >= 4 is 0 Å². The molecule has 3 N–H and O–H groups in total. The van der Waals surface area contributed by atoms with Gasteiger partial charge >= 0.3 is 0 Å². The average molecular weight is 211 g/mol. The molecule has 0 saturated heterocycles. The van der Waals surface area contributed by atoms with Gasteiger partial charge < -0.3 is 10.2 Å². The number of aliphatic hydroxyl groups is 1. The van der Waals surface area contributed by atoms with E-state index in [1.807, 2.05) is 14.1 Å². The fourth-order valence-electron chi connectivity index (χ4n) is 1.25. The molecular formula is C10H17N3O2. The molecule has 0 amide bonds. The molecule has 5 nitrogen and oxygen atoms in total. The Balaban J connectivity index is 2.96. The Kier molecular flexibility index (Phi) is 4.02. The van der Waals surface area contributed by atoms with E-state index in [0.29, 0.717) is 23.4 Å². The van der Waals surface area contributed by atoms with E-state index in [2.05, 4.69) is 10.4 Å². The zero-order valence-corrected chi connectivity index (χ0v) is 9.28. The molecular weight excluding hydrogens is 194 g/mol. The molecule has 5 heteroatoms. The molecule has 0 atom stereocenters. The van der Waals surface area contributed by atoms with Gasteiger partial charge in [0.25, 0.3) is 0 Å². The highest BCUT2D eigenvalue weighted by Gasteiger charge is 2.10. The van der Waals surface area contributed by atoms with E-state index in [0.717, 1.165) is 0 Å². The highest BCUT2D eigenvalue weighted by molar-refractivity contribution is 5.40. The molecule has 0 aliphatic rings. The maximum Gasteiger partial charge on any atom is 0.141 e. The number of aromatic nitrogens is 1. The van der Waals surface area contributed by atoms with Crippen LogP contribution in [-0.2, 0) is 13.2 Å². The molecule has 0 saturated carbocycles. The molecule has 15 heavy (non-hydrogen) atoms. The summed E-state index contributed by atoms with van der Waals surface area (Å²) in [6, 6.07) is 0. The first-order valence-electron chi connectivity index (χ1n) is 4.74. The summed E-state index contributed by atoms with van der Waals surface area (Å²) in [6.07, 6.45) is 1.59. The van der Waals surface area contributed by atoms with Crippen LogP contribution in [0.25, 0.3) is 0 Å². The van der Waals surface area contributed by atoms with Crippen LogP contribution >= 0.6 is 0 Å². The van der Waals surface area contributed by atoms with Crippen molar-refractivity contribution in [2.45, 2.75) is 20.1 Å². The van der Waals surface area contributed by atoms with Crippen LogP contribution in [0, 0.1) is 6.92 Å². The molecule has 0 fully saturated rings. The lowest BCUT2D eigenvalue weighted by Crippen LogP contribution is -2.30. The fourth-order valence-corrected chi connectivity index (χ4v) is 1.25. The number of nitrogens with one attached hydrogen (secondary N) is 1. The summed E-state index contributed by atoms with van der Waals surface area (Å²) >= 11 is 0. The van der Waals surface area contributed by atoms with Crippen molar-refractivity contribution in [1.82, 2.24) is 15.4 Å². The second-order valence-corrected chi connectivity index (χ2v) is 3.58. The van der Waals surface area contributed by atoms with Gasteiger partial charge in [-0.25, -0.2) is 0 Å². The Labute approximate surface area is 89.3 Å². The van der Waals surface area contributed by atoms with Crippen LogP contribution in [-0.4, -0.2) is 34.3 Å². The van der Waals surface area contributed by atoms with E-state index < -0.39 is 0 Å². The monoisotopic (exact) mass is 211 g/mol. The zero-order chi connectivity index (χ0) is 11.4. The first-order chi connectivity index (χ1) is 7.06. The van der Waals surface area contributed by atoms with Crippen molar-refractivity contribution in [3.63, 3.8) is 0 Å². The van der Waals surface area contributed by atoms with E-state index in [1.165, 1.54) is 0 Å². The minimum Gasteiger partial charge on any atom is -0.506 e. The third-order valence-corrected chi connectivity index (χ3v) is 2.17. The number of hydrogen-bond donors (Lipinski definition) is 3. The standard InChI is InChI=1S/C10H17N3O2/c1-7-10(15)9(5-12-13(2)3)8(6-14)4-11-7/h4,12,14-15H,5-6H2,1-3H3. The SMILES string of the molecule is Cc1ncc(CO)c(CNN(C)C)c1O. The van der Waals surface area contributed by atoms with Crippen LogP contribution in [0.1, 0.15) is 16.8 Å². The van der Waals surface area contributed by atoms with Crippen LogP contribution in [0.15, 0.2) is 6.20 Å². The summed E-state index contributed by atoms with van der Waals surface area (Å²) in [5.74, 6) is 0.149. The average Bonchev–Trinajstić information content (AvgIpc) is 2.20. The Bertz CT molecular complexity index is 340. The van der Waals surface area contributed by atoms with Crippen molar-refractivity contribution in [1.29, 1.82) is 0 Å². The van der Waals surface area contributed by atoms with Gasteiger partial charge in [-0.15, -0.1) is 0 Å². The summed E-state index contributed by atoms with van der Waals surface area (Å²) < 4.78 is 0. The summed E-state index contributed by atoms with van der Waals surface area (Å²) in [6.45, 7) is 2.08. The Morgan fingerprint density at radius 1 is 1.47 bits per heavy atom. The predicted molar refractivity (Wildman–Crippen MR) is 57.1 cm³/mol. The van der Waals surface area contributed by atoms with Crippen molar-refractivity contribution < 1.29 is 10.2 Å². The van der Waals surface area contributed by atoms with Gasteiger partial charge in [0.1, 0.15) is 5.75 Å². The molecule has 1 aromatic heterocycles. The second kappa shape index (κ2) is 5.06. The minimum atomic E-state index is -0.120. The molecule has 1 heterocycles. The number of hydrogen-bond acceptors (Lipinski definition) is 5. The number of hydrazine groups is 1. The highest BCUT2D eigenvalue weighted by Crippen LogP contribution is 2.23. The molecule has 0 aromatic carbocycles. The van der Waals surface area contributed by atoms with Crippen LogP contribution in [0.4, 0.5) is 0 Å². The molecule has 0 radical (unpaired) electrons. The van der Waals surface area contributed by atoms with E-state index in [1.54, 1.807) is 18.1 Å². The normalized spacial score (nSPS) is 11.0. The summed E-state index contributed by atoms with van der Waals surface area (Å²) in [5, 5.41) is 20.7. The lowest BCUT2D eigenvalue weighted by atomic mass is 10.1. The number of aliphatic hydroxyl groups excluding tert-OH is 1. The van der Waals surface area contributed by atoms with E-state index in [4.69, 9.17) is 5.11 Å². The summed E-state index contributed by atoms with van der Waals surface area (Å²) in [5.41, 5.74) is 4.95.